The molecule has 2 N–H and O–H groups in total. The van der Waals surface area contributed by atoms with Crippen LogP contribution in [0.5, 0.6) is 0 Å². The second kappa shape index (κ2) is 11.0. The standard InChI is InChI=1S/C25H35N3O3/c1-7-30-25(29)22-18(6)31-24(27)21(12-26)23(22)20-10-8-9-19(11-20)15-28(13-16(2)3)14-17(4)5/h8-11,16-17,23H,7,13-15,27H2,1-6H3. The highest BCUT2D eigenvalue weighted by Gasteiger charge is 2.36. The molecule has 0 fully saturated rings. The van der Waals surface area contributed by atoms with Gasteiger partial charge in [-0.2, -0.15) is 5.26 Å². The summed E-state index contributed by atoms with van der Waals surface area (Å²) in [5.41, 5.74) is 8.52. The van der Waals surface area contributed by atoms with E-state index in [0.29, 0.717) is 23.2 Å². The number of allylic oxidation sites excluding steroid dienone is 2. The van der Waals surface area contributed by atoms with E-state index in [9.17, 15) is 10.1 Å². The molecule has 1 aliphatic rings. The Hall–Kier alpha value is -2.78. The van der Waals surface area contributed by atoms with Crippen LogP contribution in [0.3, 0.4) is 0 Å². The molecule has 1 atom stereocenters. The molecule has 0 radical (unpaired) electrons. The zero-order valence-electron chi connectivity index (χ0n) is 19.6. The van der Waals surface area contributed by atoms with Crippen molar-refractivity contribution in [2.45, 2.75) is 54.0 Å². The Morgan fingerprint density at radius 2 is 1.90 bits per heavy atom. The lowest BCUT2D eigenvalue weighted by atomic mass is 9.82. The minimum atomic E-state index is -0.610. The van der Waals surface area contributed by atoms with E-state index in [2.05, 4.69) is 50.8 Å². The fourth-order valence-corrected chi connectivity index (χ4v) is 4.05. The number of carbonyl (C=O) groups excluding carboxylic acids is 1. The number of benzene rings is 1. The number of ether oxygens (including phenoxy) is 2. The summed E-state index contributed by atoms with van der Waals surface area (Å²) in [6, 6.07) is 10.2. The van der Waals surface area contributed by atoms with Crippen molar-refractivity contribution in [2.24, 2.45) is 17.6 Å². The normalized spacial score (nSPS) is 16.7. The number of nitrogens with zero attached hydrogens (tertiary/aromatic N) is 2. The molecule has 1 aliphatic heterocycles. The molecule has 1 aromatic rings. The predicted octanol–water partition coefficient (Wildman–Crippen LogP) is 4.45. The number of rotatable bonds is 9. The summed E-state index contributed by atoms with van der Waals surface area (Å²) in [5, 5.41) is 9.77. The monoisotopic (exact) mass is 425 g/mol. The van der Waals surface area contributed by atoms with E-state index in [1.54, 1.807) is 13.8 Å². The van der Waals surface area contributed by atoms with Crippen molar-refractivity contribution in [1.82, 2.24) is 4.90 Å². The Kier molecular flexibility index (Phi) is 8.70. The second-order valence-corrected chi connectivity index (χ2v) is 8.84. The Labute approximate surface area is 186 Å². The van der Waals surface area contributed by atoms with Gasteiger partial charge in [-0.15, -0.1) is 0 Å². The molecule has 168 valence electrons. The average Bonchev–Trinajstić information content (AvgIpc) is 2.66. The maximum Gasteiger partial charge on any atom is 0.338 e. The van der Waals surface area contributed by atoms with Crippen LogP contribution in [0.4, 0.5) is 0 Å². The van der Waals surface area contributed by atoms with Crippen LogP contribution in [0.25, 0.3) is 0 Å². The van der Waals surface area contributed by atoms with Gasteiger partial charge in [-0.05, 0) is 36.8 Å². The van der Waals surface area contributed by atoms with Crippen molar-refractivity contribution in [3.8, 4) is 6.07 Å². The Morgan fingerprint density at radius 3 is 2.45 bits per heavy atom. The zero-order chi connectivity index (χ0) is 23.1. The molecule has 6 nitrogen and oxygen atoms in total. The number of nitrogens with two attached hydrogens (primary N) is 1. The minimum Gasteiger partial charge on any atom is -0.463 e. The van der Waals surface area contributed by atoms with Crippen molar-refractivity contribution in [3.63, 3.8) is 0 Å². The fraction of sp³-hybridized carbons (Fsp3) is 0.520. The van der Waals surface area contributed by atoms with E-state index in [0.717, 1.165) is 30.8 Å². The molecule has 2 rings (SSSR count). The molecule has 0 aromatic heterocycles. The summed E-state index contributed by atoms with van der Waals surface area (Å²) < 4.78 is 10.8. The van der Waals surface area contributed by atoms with Gasteiger partial charge >= 0.3 is 5.97 Å². The smallest absolute Gasteiger partial charge is 0.338 e. The van der Waals surface area contributed by atoms with Gasteiger partial charge in [0, 0.05) is 19.6 Å². The van der Waals surface area contributed by atoms with Gasteiger partial charge in [0.15, 0.2) is 0 Å². The van der Waals surface area contributed by atoms with Gasteiger partial charge in [0.2, 0.25) is 5.88 Å². The molecule has 0 bridgehead atoms. The quantitative estimate of drug-likeness (QED) is 0.588. The van der Waals surface area contributed by atoms with Crippen molar-refractivity contribution in [1.29, 1.82) is 5.26 Å². The van der Waals surface area contributed by atoms with Crippen molar-refractivity contribution >= 4 is 5.97 Å². The first-order chi connectivity index (χ1) is 14.7. The van der Waals surface area contributed by atoms with Gasteiger partial charge in [0.1, 0.15) is 17.4 Å². The van der Waals surface area contributed by atoms with Crippen LogP contribution in [-0.4, -0.2) is 30.6 Å². The van der Waals surface area contributed by atoms with Gasteiger partial charge in [-0.3, -0.25) is 4.90 Å². The molecule has 0 aliphatic carbocycles. The van der Waals surface area contributed by atoms with Crippen LogP contribution < -0.4 is 5.73 Å². The summed E-state index contributed by atoms with van der Waals surface area (Å²) in [5.74, 6) is 0.423. The second-order valence-electron chi connectivity index (χ2n) is 8.84. The molecule has 31 heavy (non-hydrogen) atoms. The molecule has 1 aromatic carbocycles. The lowest BCUT2D eigenvalue weighted by molar-refractivity contribution is -0.139. The molecular formula is C25H35N3O3. The van der Waals surface area contributed by atoms with Crippen LogP contribution >= 0.6 is 0 Å². The van der Waals surface area contributed by atoms with Crippen LogP contribution in [0, 0.1) is 23.2 Å². The van der Waals surface area contributed by atoms with Gasteiger partial charge < -0.3 is 15.2 Å². The molecule has 0 saturated heterocycles. The summed E-state index contributed by atoms with van der Waals surface area (Å²) in [4.78, 5) is 15.2. The van der Waals surface area contributed by atoms with Crippen LogP contribution in [0.2, 0.25) is 0 Å². The lowest BCUT2D eigenvalue weighted by Crippen LogP contribution is -2.31. The number of hydrogen-bond donors (Lipinski definition) is 1. The van der Waals surface area contributed by atoms with Crippen LogP contribution in [0.15, 0.2) is 47.1 Å². The van der Waals surface area contributed by atoms with Gasteiger partial charge in [-0.25, -0.2) is 4.79 Å². The maximum absolute atomic E-state index is 12.7. The molecular weight excluding hydrogens is 390 g/mol. The number of esters is 1. The Bertz CT molecular complexity index is 884. The first kappa shape index (κ1) is 24.5. The average molecular weight is 426 g/mol. The van der Waals surface area contributed by atoms with E-state index in [4.69, 9.17) is 15.2 Å². The first-order valence-electron chi connectivity index (χ1n) is 10.9. The largest absolute Gasteiger partial charge is 0.463 e. The Morgan fingerprint density at radius 1 is 1.26 bits per heavy atom. The minimum absolute atomic E-state index is 0.0321. The number of carbonyl (C=O) groups is 1. The molecule has 0 amide bonds. The summed E-state index contributed by atoms with van der Waals surface area (Å²) >= 11 is 0. The van der Waals surface area contributed by atoms with Gasteiger partial charge in [0.05, 0.1) is 18.1 Å². The zero-order valence-corrected chi connectivity index (χ0v) is 19.6. The third-order valence-corrected chi connectivity index (χ3v) is 5.04. The van der Waals surface area contributed by atoms with E-state index < -0.39 is 11.9 Å². The highest BCUT2D eigenvalue weighted by Crippen LogP contribution is 2.39. The highest BCUT2D eigenvalue weighted by atomic mass is 16.5. The lowest BCUT2D eigenvalue weighted by Gasteiger charge is -2.28. The number of hydrogen-bond acceptors (Lipinski definition) is 6. The summed E-state index contributed by atoms with van der Waals surface area (Å²) in [6.07, 6.45) is 0. The number of nitriles is 1. The van der Waals surface area contributed by atoms with Crippen molar-refractivity contribution in [3.05, 3.63) is 58.2 Å². The molecule has 1 unspecified atom stereocenters. The fourth-order valence-electron chi connectivity index (χ4n) is 4.05. The van der Waals surface area contributed by atoms with Crippen LogP contribution in [0.1, 0.15) is 58.6 Å². The van der Waals surface area contributed by atoms with Gasteiger partial charge in [-0.1, -0.05) is 52.0 Å². The Balaban J connectivity index is 2.45. The van der Waals surface area contributed by atoms with Crippen LogP contribution in [-0.2, 0) is 20.8 Å². The third kappa shape index (κ3) is 6.35. The highest BCUT2D eigenvalue weighted by molar-refractivity contribution is 5.92. The van der Waals surface area contributed by atoms with E-state index in [1.807, 2.05) is 12.1 Å². The third-order valence-electron chi connectivity index (χ3n) is 5.04. The molecule has 6 heteroatoms. The topological polar surface area (TPSA) is 88.6 Å². The van der Waals surface area contributed by atoms with E-state index in [1.165, 1.54) is 0 Å². The van der Waals surface area contributed by atoms with Crippen molar-refractivity contribution in [2.75, 3.05) is 19.7 Å². The maximum atomic E-state index is 12.7. The van der Waals surface area contributed by atoms with E-state index >= 15 is 0 Å². The SMILES string of the molecule is CCOC(=O)C1=C(C)OC(N)=C(C#N)C1c1cccc(CN(CC(C)C)CC(C)C)c1. The predicted molar refractivity (Wildman–Crippen MR) is 121 cm³/mol. The first-order valence-corrected chi connectivity index (χ1v) is 10.9. The summed E-state index contributed by atoms with van der Waals surface area (Å²) in [7, 11) is 0. The van der Waals surface area contributed by atoms with Gasteiger partial charge in [0.25, 0.3) is 0 Å². The molecule has 0 spiro atoms. The van der Waals surface area contributed by atoms with Crippen molar-refractivity contribution < 1.29 is 14.3 Å². The molecule has 0 saturated carbocycles. The molecule has 1 heterocycles. The van der Waals surface area contributed by atoms with E-state index in [-0.39, 0.29) is 18.1 Å². The summed E-state index contributed by atoms with van der Waals surface area (Å²) in [6.45, 7) is 15.4.